The number of hydrogen-bond acceptors (Lipinski definition) is 3. The summed E-state index contributed by atoms with van der Waals surface area (Å²) in [6.45, 7) is 3.66. The van der Waals surface area contributed by atoms with Gasteiger partial charge in [0.1, 0.15) is 11.4 Å². The number of carbonyl (C=O) groups is 3. The fraction of sp³-hybridized carbons (Fsp3) is 0.0870. The van der Waals surface area contributed by atoms with E-state index in [1.807, 2.05) is 18.4 Å². The van der Waals surface area contributed by atoms with Crippen LogP contribution in [0.2, 0.25) is 0 Å². The molecular formula is C23H18FN3O3. The number of barbiturate groups is 1. The van der Waals surface area contributed by atoms with Crippen molar-refractivity contribution in [1.82, 2.24) is 9.88 Å². The summed E-state index contributed by atoms with van der Waals surface area (Å²) >= 11 is 0. The summed E-state index contributed by atoms with van der Waals surface area (Å²) in [5.74, 6) is -1.82. The average Bonchev–Trinajstić information content (AvgIpc) is 2.99. The van der Waals surface area contributed by atoms with E-state index in [0.29, 0.717) is 16.9 Å². The van der Waals surface area contributed by atoms with E-state index in [2.05, 4.69) is 5.32 Å². The molecule has 0 radical (unpaired) electrons. The number of carbonyl (C=O) groups excluding carboxylic acids is 3. The number of urea groups is 1. The van der Waals surface area contributed by atoms with Crippen LogP contribution >= 0.6 is 0 Å². The number of nitrogens with one attached hydrogen (secondary N) is 1. The van der Waals surface area contributed by atoms with Crippen molar-refractivity contribution in [3.63, 3.8) is 0 Å². The van der Waals surface area contributed by atoms with Gasteiger partial charge in [0, 0.05) is 17.1 Å². The Morgan fingerprint density at radius 1 is 0.900 bits per heavy atom. The molecule has 0 saturated carbocycles. The van der Waals surface area contributed by atoms with Gasteiger partial charge in [-0.3, -0.25) is 14.9 Å². The van der Waals surface area contributed by atoms with Crippen molar-refractivity contribution in [2.24, 2.45) is 0 Å². The number of benzene rings is 2. The molecule has 30 heavy (non-hydrogen) atoms. The second-order valence-electron chi connectivity index (χ2n) is 6.94. The maximum Gasteiger partial charge on any atom is 0.335 e. The number of amides is 4. The second-order valence-corrected chi connectivity index (χ2v) is 6.94. The second kappa shape index (κ2) is 7.44. The third-order valence-electron chi connectivity index (χ3n) is 4.95. The SMILES string of the molecule is Cc1cc(C=C2C(=O)NC(=O)N(c3ccccc3)C2=O)c(C)n1-c1cccc(F)c1. The number of rotatable bonds is 3. The maximum absolute atomic E-state index is 13.7. The molecule has 0 atom stereocenters. The van der Waals surface area contributed by atoms with Crippen LogP contribution in [0.15, 0.2) is 66.2 Å². The van der Waals surface area contributed by atoms with E-state index in [1.165, 1.54) is 18.2 Å². The smallest absolute Gasteiger partial charge is 0.318 e. The minimum Gasteiger partial charge on any atom is -0.318 e. The number of halogens is 1. The van der Waals surface area contributed by atoms with E-state index < -0.39 is 17.8 Å². The molecule has 1 aliphatic rings. The predicted molar refractivity (Wildman–Crippen MR) is 111 cm³/mol. The van der Waals surface area contributed by atoms with E-state index in [9.17, 15) is 18.8 Å². The first kappa shape index (κ1) is 19.3. The largest absolute Gasteiger partial charge is 0.335 e. The molecule has 2 aromatic carbocycles. The van der Waals surface area contributed by atoms with Crippen LogP contribution in [0.25, 0.3) is 11.8 Å². The molecule has 3 aromatic rings. The molecule has 4 rings (SSSR count). The van der Waals surface area contributed by atoms with E-state index in [4.69, 9.17) is 0 Å². The van der Waals surface area contributed by atoms with Gasteiger partial charge in [0.25, 0.3) is 11.8 Å². The lowest BCUT2D eigenvalue weighted by Crippen LogP contribution is -2.54. The van der Waals surface area contributed by atoms with Crippen LogP contribution in [0.5, 0.6) is 0 Å². The number of para-hydroxylation sites is 1. The summed E-state index contributed by atoms with van der Waals surface area (Å²) in [6.07, 6.45) is 1.46. The molecule has 2 heterocycles. The van der Waals surface area contributed by atoms with Crippen LogP contribution in [0, 0.1) is 19.7 Å². The standard InChI is InChI=1S/C23H18FN3O3/c1-14-11-16(15(2)26(14)19-10-6-7-17(24)13-19)12-20-21(28)25-23(30)27(22(20)29)18-8-4-3-5-9-18/h3-13H,1-2H3,(H,25,28,30). The van der Waals surface area contributed by atoms with Crippen LogP contribution in [0.4, 0.5) is 14.9 Å². The lowest BCUT2D eigenvalue weighted by molar-refractivity contribution is -0.122. The van der Waals surface area contributed by atoms with Gasteiger partial charge >= 0.3 is 6.03 Å². The molecule has 1 saturated heterocycles. The number of aryl methyl sites for hydroxylation is 1. The molecule has 0 unspecified atom stereocenters. The molecule has 1 aliphatic heterocycles. The molecule has 150 valence electrons. The van der Waals surface area contributed by atoms with Crippen molar-refractivity contribution >= 4 is 29.6 Å². The lowest BCUT2D eigenvalue weighted by Gasteiger charge is -2.26. The monoisotopic (exact) mass is 403 g/mol. The third kappa shape index (κ3) is 3.30. The first-order valence-electron chi connectivity index (χ1n) is 9.28. The molecule has 0 aliphatic carbocycles. The quantitative estimate of drug-likeness (QED) is 0.533. The van der Waals surface area contributed by atoms with Gasteiger partial charge in [0.2, 0.25) is 0 Å². The molecule has 4 amide bonds. The van der Waals surface area contributed by atoms with Crippen LogP contribution in [0.3, 0.4) is 0 Å². The van der Waals surface area contributed by atoms with Gasteiger partial charge in [-0.15, -0.1) is 0 Å². The fourth-order valence-corrected chi connectivity index (χ4v) is 3.57. The highest BCUT2D eigenvalue weighted by atomic mass is 19.1. The fourth-order valence-electron chi connectivity index (χ4n) is 3.57. The molecule has 0 spiro atoms. The topological polar surface area (TPSA) is 71.4 Å². The molecule has 6 nitrogen and oxygen atoms in total. The Hall–Kier alpha value is -4.00. The zero-order chi connectivity index (χ0) is 21.4. The van der Waals surface area contributed by atoms with Crippen LogP contribution in [-0.2, 0) is 9.59 Å². The minimum absolute atomic E-state index is 0.155. The summed E-state index contributed by atoms with van der Waals surface area (Å²) in [7, 11) is 0. The van der Waals surface area contributed by atoms with E-state index in [-0.39, 0.29) is 11.4 Å². The molecular weight excluding hydrogens is 385 g/mol. The Kier molecular flexibility index (Phi) is 4.79. The minimum atomic E-state index is -0.793. The highest BCUT2D eigenvalue weighted by Gasteiger charge is 2.36. The molecule has 1 aromatic heterocycles. The summed E-state index contributed by atoms with van der Waals surface area (Å²) < 4.78 is 15.5. The van der Waals surface area contributed by atoms with Crippen LogP contribution in [-0.4, -0.2) is 22.4 Å². The Morgan fingerprint density at radius 3 is 2.30 bits per heavy atom. The Labute approximate surface area is 172 Å². The highest BCUT2D eigenvalue weighted by molar-refractivity contribution is 6.39. The van der Waals surface area contributed by atoms with Gasteiger partial charge in [-0.2, -0.15) is 0 Å². The van der Waals surface area contributed by atoms with Crippen LogP contribution < -0.4 is 10.2 Å². The molecule has 0 bridgehead atoms. The van der Waals surface area contributed by atoms with Crippen molar-refractivity contribution in [1.29, 1.82) is 0 Å². The Balaban J connectivity index is 1.77. The van der Waals surface area contributed by atoms with E-state index in [1.54, 1.807) is 48.5 Å². The van der Waals surface area contributed by atoms with Gasteiger partial charge in [0.15, 0.2) is 0 Å². The van der Waals surface area contributed by atoms with Gasteiger partial charge in [-0.1, -0.05) is 24.3 Å². The highest BCUT2D eigenvalue weighted by Crippen LogP contribution is 2.26. The van der Waals surface area contributed by atoms with Crippen molar-refractivity contribution in [3.05, 3.63) is 89.0 Å². The van der Waals surface area contributed by atoms with Gasteiger partial charge in [0.05, 0.1) is 5.69 Å². The number of hydrogen-bond donors (Lipinski definition) is 1. The number of imide groups is 2. The Morgan fingerprint density at radius 2 is 1.60 bits per heavy atom. The van der Waals surface area contributed by atoms with Crippen molar-refractivity contribution in [3.8, 4) is 5.69 Å². The van der Waals surface area contributed by atoms with Gasteiger partial charge in [-0.05, 0) is 61.9 Å². The van der Waals surface area contributed by atoms with Gasteiger partial charge in [-0.25, -0.2) is 14.1 Å². The van der Waals surface area contributed by atoms with Crippen molar-refractivity contribution < 1.29 is 18.8 Å². The van der Waals surface area contributed by atoms with Crippen LogP contribution in [0.1, 0.15) is 17.0 Å². The zero-order valence-electron chi connectivity index (χ0n) is 16.3. The zero-order valence-corrected chi connectivity index (χ0v) is 16.3. The summed E-state index contributed by atoms with van der Waals surface area (Å²) in [4.78, 5) is 38.6. The maximum atomic E-state index is 13.7. The average molecular weight is 403 g/mol. The Bertz CT molecular complexity index is 1210. The summed E-state index contributed by atoms with van der Waals surface area (Å²) in [5, 5.41) is 2.21. The molecule has 1 N–H and O–H groups in total. The normalized spacial score (nSPS) is 15.6. The molecule has 1 fully saturated rings. The summed E-state index contributed by atoms with van der Waals surface area (Å²) in [5.41, 5.74) is 3.01. The van der Waals surface area contributed by atoms with Gasteiger partial charge < -0.3 is 4.57 Å². The van der Waals surface area contributed by atoms with E-state index >= 15 is 0 Å². The first-order valence-corrected chi connectivity index (χ1v) is 9.28. The first-order chi connectivity index (χ1) is 14.4. The number of nitrogens with zero attached hydrogens (tertiary/aromatic N) is 2. The summed E-state index contributed by atoms with van der Waals surface area (Å²) in [6, 6.07) is 15.5. The number of anilines is 1. The third-order valence-corrected chi connectivity index (χ3v) is 4.95. The van der Waals surface area contributed by atoms with Crippen molar-refractivity contribution in [2.45, 2.75) is 13.8 Å². The van der Waals surface area contributed by atoms with E-state index in [0.717, 1.165) is 16.3 Å². The predicted octanol–water partition coefficient (Wildman–Crippen LogP) is 3.90. The lowest BCUT2D eigenvalue weighted by atomic mass is 10.1. The number of aromatic nitrogens is 1. The van der Waals surface area contributed by atoms with Crippen molar-refractivity contribution in [2.75, 3.05) is 4.90 Å². The molecule has 7 heteroatoms.